The van der Waals surface area contributed by atoms with E-state index in [0.29, 0.717) is 12.2 Å². The second-order valence-corrected chi connectivity index (χ2v) is 5.07. The molecule has 0 aromatic carbocycles. The van der Waals surface area contributed by atoms with Crippen LogP contribution >= 0.6 is 0 Å². The summed E-state index contributed by atoms with van der Waals surface area (Å²) in [4.78, 5) is 30.4. The molecule has 0 aliphatic carbocycles. The SMILES string of the molecule is CCCCc1nc(-n2cccc2C(=O)C(F)(F)F)c(C(=O)OC)[nH]1. The summed E-state index contributed by atoms with van der Waals surface area (Å²) in [5, 5.41) is 0. The number of nitrogens with one attached hydrogen (secondary N) is 1. The van der Waals surface area contributed by atoms with E-state index >= 15 is 0 Å². The van der Waals surface area contributed by atoms with E-state index in [2.05, 4.69) is 14.7 Å². The number of unbranched alkanes of at least 4 members (excludes halogenated alkanes) is 1. The lowest BCUT2D eigenvalue weighted by Crippen LogP contribution is -2.25. The molecule has 0 spiro atoms. The van der Waals surface area contributed by atoms with Crippen LogP contribution in [0.3, 0.4) is 0 Å². The highest BCUT2D eigenvalue weighted by atomic mass is 19.4. The second kappa shape index (κ2) is 6.90. The molecule has 130 valence electrons. The first-order chi connectivity index (χ1) is 11.3. The third-order valence-electron chi connectivity index (χ3n) is 3.36. The number of methoxy groups -OCH3 is 1. The van der Waals surface area contributed by atoms with E-state index < -0.39 is 23.6 Å². The molecule has 0 saturated heterocycles. The summed E-state index contributed by atoms with van der Waals surface area (Å²) in [5.74, 6) is -2.45. The first-order valence-corrected chi connectivity index (χ1v) is 7.26. The van der Waals surface area contributed by atoms with Crippen LogP contribution in [-0.2, 0) is 11.2 Å². The molecule has 0 atom stereocenters. The van der Waals surface area contributed by atoms with Gasteiger partial charge in [-0.1, -0.05) is 13.3 Å². The Labute approximate surface area is 135 Å². The number of Topliss-reactive ketones (excluding diaryl/α,β-unsaturated/α-hetero) is 1. The van der Waals surface area contributed by atoms with E-state index in [0.717, 1.165) is 30.6 Å². The third-order valence-corrected chi connectivity index (χ3v) is 3.36. The topological polar surface area (TPSA) is 77.0 Å². The molecule has 0 unspecified atom stereocenters. The molecule has 0 radical (unpaired) electrons. The van der Waals surface area contributed by atoms with Crippen LogP contribution < -0.4 is 0 Å². The van der Waals surface area contributed by atoms with Crippen molar-refractivity contribution in [3.8, 4) is 5.82 Å². The van der Waals surface area contributed by atoms with Gasteiger partial charge in [0, 0.05) is 12.6 Å². The number of aromatic nitrogens is 3. The van der Waals surface area contributed by atoms with Crippen molar-refractivity contribution in [1.82, 2.24) is 14.5 Å². The minimum absolute atomic E-state index is 0.0921. The fourth-order valence-electron chi connectivity index (χ4n) is 2.19. The first-order valence-electron chi connectivity index (χ1n) is 7.26. The van der Waals surface area contributed by atoms with E-state index in [1.54, 1.807) is 0 Å². The number of H-pyrrole nitrogens is 1. The predicted molar refractivity (Wildman–Crippen MR) is 78.3 cm³/mol. The number of carbonyl (C=O) groups excluding carboxylic acids is 2. The number of alkyl halides is 3. The molecule has 2 aromatic rings. The summed E-state index contributed by atoms with van der Waals surface area (Å²) in [6, 6.07) is 2.30. The van der Waals surface area contributed by atoms with Crippen molar-refractivity contribution in [3.63, 3.8) is 0 Å². The molecule has 0 saturated carbocycles. The molecule has 0 fully saturated rings. The van der Waals surface area contributed by atoms with E-state index in [1.807, 2.05) is 6.92 Å². The standard InChI is InChI=1S/C15H16F3N3O3/c1-3-4-7-10-19-11(14(23)24-2)13(20-10)21-8-5-6-9(21)12(22)15(16,17)18/h5-6,8H,3-4,7H2,1-2H3,(H,19,20). The lowest BCUT2D eigenvalue weighted by molar-refractivity contribution is -0.0889. The lowest BCUT2D eigenvalue weighted by Gasteiger charge is -2.09. The van der Waals surface area contributed by atoms with E-state index in [1.165, 1.54) is 12.3 Å². The van der Waals surface area contributed by atoms with Crippen molar-refractivity contribution >= 4 is 11.8 Å². The van der Waals surface area contributed by atoms with Crippen LogP contribution in [0.1, 0.15) is 46.6 Å². The van der Waals surface area contributed by atoms with Gasteiger partial charge in [-0.05, 0) is 18.6 Å². The lowest BCUT2D eigenvalue weighted by atomic mass is 10.2. The maximum absolute atomic E-state index is 12.7. The third kappa shape index (κ3) is 3.50. The first kappa shape index (κ1) is 17.8. The van der Waals surface area contributed by atoms with E-state index in [4.69, 9.17) is 0 Å². The van der Waals surface area contributed by atoms with Crippen molar-refractivity contribution in [2.75, 3.05) is 7.11 Å². The Bertz CT molecular complexity index is 747. The Hall–Kier alpha value is -2.58. The molecule has 0 bridgehead atoms. The summed E-state index contributed by atoms with van der Waals surface area (Å²) in [5.41, 5.74) is -0.725. The monoisotopic (exact) mass is 343 g/mol. The van der Waals surface area contributed by atoms with Gasteiger partial charge >= 0.3 is 12.1 Å². The van der Waals surface area contributed by atoms with Crippen molar-refractivity contribution in [2.24, 2.45) is 0 Å². The highest BCUT2D eigenvalue weighted by Crippen LogP contribution is 2.25. The Morgan fingerprint density at radius 2 is 2.08 bits per heavy atom. The molecule has 24 heavy (non-hydrogen) atoms. The number of hydrogen-bond donors (Lipinski definition) is 1. The van der Waals surface area contributed by atoms with Gasteiger partial charge in [-0.25, -0.2) is 9.78 Å². The van der Waals surface area contributed by atoms with E-state index in [9.17, 15) is 22.8 Å². The Morgan fingerprint density at radius 3 is 2.67 bits per heavy atom. The van der Waals surface area contributed by atoms with Gasteiger partial charge in [0.25, 0.3) is 5.78 Å². The molecule has 1 N–H and O–H groups in total. The number of rotatable bonds is 6. The minimum atomic E-state index is -5.02. The molecule has 0 aliphatic rings. The highest BCUT2D eigenvalue weighted by molar-refractivity contribution is 6.00. The fourth-order valence-corrected chi connectivity index (χ4v) is 2.19. The summed E-state index contributed by atoms with van der Waals surface area (Å²) in [6.07, 6.45) is -1.60. The van der Waals surface area contributed by atoms with Crippen LogP contribution in [0.4, 0.5) is 13.2 Å². The molecule has 9 heteroatoms. The maximum atomic E-state index is 12.7. The number of aromatic amines is 1. The molecule has 0 aliphatic heterocycles. The van der Waals surface area contributed by atoms with Crippen LogP contribution in [0, 0.1) is 0 Å². The molecule has 2 rings (SSSR count). The summed E-state index contributed by atoms with van der Waals surface area (Å²) < 4.78 is 43.7. The molecular weight excluding hydrogens is 327 g/mol. The maximum Gasteiger partial charge on any atom is 0.456 e. The Balaban J connectivity index is 2.52. The zero-order valence-corrected chi connectivity index (χ0v) is 13.1. The smallest absolute Gasteiger partial charge is 0.456 e. The van der Waals surface area contributed by atoms with Crippen LogP contribution in [0.25, 0.3) is 5.82 Å². The largest absolute Gasteiger partial charge is 0.464 e. The number of halogens is 3. The number of carbonyl (C=O) groups is 2. The van der Waals surface area contributed by atoms with Crippen molar-refractivity contribution < 1.29 is 27.5 Å². The van der Waals surface area contributed by atoms with Gasteiger partial charge in [-0.3, -0.25) is 9.36 Å². The summed E-state index contributed by atoms with van der Waals surface area (Å²) in [7, 11) is 1.15. The van der Waals surface area contributed by atoms with Gasteiger partial charge in [-0.2, -0.15) is 13.2 Å². The number of nitrogens with zero attached hydrogens (tertiary/aromatic N) is 2. The van der Waals surface area contributed by atoms with Crippen LogP contribution in [0.15, 0.2) is 18.3 Å². The van der Waals surface area contributed by atoms with Gasteiger partial charge in [0.2, 0.25) is 0 Å². The number of esters is 1. The molecule has 6 nitrogen and oxygen atoms in total. The van der Waals surface area contributed by atoms with Gasteiger partial charge in [0.1, 0.15) is 5.82 Å². The normalized spacial score (nSPS) is 11.5. The number of aryl methyl sites for hydroxylation is 1. The van der Waals surface area contributed by atoms with Crippen LogP contribution in [0.5, 0.6) is 0 Å². The predicted octanol–water partition coefficient (Wildman–Crippen LogP) is 3.07. The van der Waals surface area contributed by atoms with Gasteiger partial charge in [-0.15, -0.1) is 0 Å². The van der Waals surface area contributed by atoms with Gasteiger partial charge in [0.05, 0.1) is 12.8 Å². The quantitative estimate of drug-likeness (QED) is 0.646. The molecular formula is C15H16F3N3O3. The molecule has 2 heterocycles. The summed E-state index contributed by atoms with van der Waals surface area (Å²) in [6.45, 7) is 1.97. The number of ketones is 1. The van der Waals surface area contributed by atoms with Crippen molar-refractivity contribution in [2.45, 2.75) is 32.4 Å². The van der Waals surface area contributed by atoms with Crippen LogP contribution in [-0.4, -0.2) is 39.6 Å². The summed E-state index contributed by atoms with van der Waals surface area (Å²) >= 11 is 0. The highest BCUT2D eigenvalue weighted by Gasteiger charge is 2.41. The fraction of sp³-hybridized carbons (Fsp3) is 0.400. The number of hydrogen-bond acceptors (Lipinski definition) is 4. The number of imidazole rings is 1. The zero-order chi connectivity index (χ0) is 17.9. The van der Waals surface area contributed by atoms with E-state index in [-0.39, 0.29) is 11.5 Å². The number of ether oxygens (including phenoxy) is 1. The van der Waals surface area contributed by atoms with Crippen molar-refractivity contribution in [1.29, 1.82) is 0 Å². The van der Waals surface area contributed by atoms with Crippen molar-refractivity contribution in [3.05, 3.63) is 35.5 Å². The minimum Gasteiger partial charge on any atom is -0.464 e. The second-order valence-electron chi connectivity index (χ2n) is 5.07. The van der Waals surface area contributed by atoms with Gasteiger partial charge in [0.15, 0.2) is 11.5 Å². The average molecular weight is 343 g/mol. The molecule has 2 aromatic heterocycles. The van der Waals surface area contributed by atoms with Crippen LogP contribution in [0.2, 0.25) is 0 Å². The Morgan fingerprint density at radius 1 is 1.38 bits per heavy atom. The Kier molecular flexibility index (Phi) is 5.10. The molecule has 0 amide bonds. The zero-order valence-electron chi connectivity index (χ0n) is 13.1. The average Bonchev–Trinajstić information content (AvgIpc) is 3.16. The van der Waals surface area contributed by atoms with Gasteiger partial charge < -0.3 is 9.72 Å².